The average molecular weight is 218 g/mol. The smallest absolute Gasteiger partial charge is 0.148 e. The molecule has 0 radical (unpaired) electrons. The summed E-state index contributed by atoms with van der Waals surface area (Å²) < 4.78 is 1.79. The highest BCUT2D eigenvalue weighted by Crippen LogP contribution is 2.08. The van der Waals surface area contributed by atoms with Crippen LogP contribution >= 0.6 is 36.6 Å². The van der Waals surface area contributed by atoms with Crippen molar-refractivity contribution in [1.29, 1.82) is 0 Å². The van der Waals surface area contributed by atoms with E-state index < -0.39 is 0 Å². The van der Waals surface area contributed by atoms with E-state index in [2.05, 4.69) is 12.6 Å². The summed E-state index contributed by atoms with van der Waals surface area (Å²) in [6.45, 7) is 0.588. The van der Waals surface area contributed by atoms with Crippen LogP contribution in [0.5, 0.6) is 0 Å². The van der Waals surface area contributed by atoms with Gasteiger partial charge in [0.05, 0.1) is 6.54 Å². The summed E-state index contributed by atoms with van der Waals surface area (Å²) in [6.07, 6.45) is 0. The molecule has 1 nitrogen and oxygen atoms in total. The molecule has 0 amide bonds. The molecule has 0 aliphatic heterocycles. The van der Waals surface area contributed by atoms with E-state index in [1.54, 1.807) is 0 Å². The van der Waals surface area contributed by atoms with Crippen molar-refractivity contribution in [3.8, 4) is 0 Å². The largest absolute Gasteiger partial charge is 0.266 e. The van der Waals surface area contributed by atoms with Gasteiger partial charge < -0.3 is 0 Å². The first kappa shape index (κ1) is 9.84. The molecule has 0 spiro atoms. The Bertz CT molecular complexity index is 263. The summed E-state index contributed by atoms with van der Waals surface area (Å²) in [5.74, 6) is 0. The Balaban J connectivity index is 2.58. The van der Waals surface area contributed by atoms with E-state index >= 15 is 0 Å². The predicted molar refractivity (Wildman–Crippen MR) is 59.4 cm³/mol. The standard InChI is InChI=1S/C8H8ClNS2/c9-10(8(11)12)6-7-4-2-1-3-5-7/h1-5H,6H2,(H,11,12). The Morgan fingerprint density at radius 3 is 2.50 bits per heavy atom. The number of hydrogen-bond donors (Lipinski definition) is 1. The second-order valence-electron chi connectivity index (χ2n) is 2.29. The van der Waals surface area contributed by atoms with Crippen molar-refractivity contribution in [3.63, 3.8) is 0 Å². The topological polar surface area (TPSA) is 3.24 Å². The first-order valence-corrected chi connectivity index (χ1v) is 4.59. The van der Waals surface area contributed by atoms with Crippen molar-refractivity contribution in [2.75, 3.05) is 0 Å². The number of benzene rings is 1. The lowest BCUT2D eigenvalue weighted by Crippen LogP contribution is -2.13. The van der Waals surface area contributed by atoms with Gasteiger partial charge in [0, 0.05) is 11.8 Å². The first-order chi connectivity index (χ1) is 5.70. The molecule has 0 fully saturated rings. The van der Waals surface area contributed by atoms with E-state index in [4.69, 9.17) is 24.0 Å². The third-order valence-corrected chi connectivity index (χ3v) is 2.34. The van der Waals surface area contributed by atoms with Gasteiger partial charge in [0.2, 0.25) is 0 Å². The number of rotatable bonds is 2. The molecule has 0 saturated carbocycles. The van der Waals surface area contributed by atoms with Crippen LogP contribution < -0.4 is 0 Å². The summed E-state index contributed by atoms with van der Waals surface area (Å²) in [7, 11) is 0. The third-order valence-electron chi connectivity index (χ3n) is 1.37. The fourth-order valence-corrected chi connectivity index (χ4v) is 1.08. The molecule has 0 atom stereocenters. The lowest BCUT2D eigenvalue weighted by atomic mass is 10.2. The third kappa shape index (κ3) is 3.01. The molecule has 1 rings (SSSR count). The molecular formula is C8H8ClNS2. The van der Waals surface area contributed by atoms with Gasteiger partial charge in [-0.1, -0.05) is 42.5 Å². The van der Waals surface area contributed by atoms with E-state index in [9.17, 15) is 0 Å². The highest BCUT2D eigenvalue weighted by molar-refractivity contribution is 8.11. The number of thiocarbonyl (C=S) groups is 1. The maximum absolute atomic E-state index is 5.77. The number of thiol groups is 1. The molecule has 0 heterocycles. The van der Waals surface area contributed by atoms with E-state index in [-0.39, 0.29) is 0 Å². The Labute approximate surface area is 87.8 Å². The average Bonchev–Trinajstić information content (AvgIpc) is 2.06. The Morgan fingerprint density at radius 1 is 1.42 bits per heavy atom. The second-order valence-corrected chi connectivity index (χ2v) is 3.81. The summed E-state index contributed by atoms with van der Waals surface area (Å²) in [4.78, 5) is 0. The molecule has 4 heteroatoms. The van der Waals surface area contributed by atoms with Crippen LogP contribution in [-0.4, -0.2) is 8.74 Å². The van der Waals surface area contributed by atoms with E-state index in [0.29, 0.717) is 10.9 Å². The van der Waals surface area contributed by atoms with Crippen LogP contribution in [0.2, 0.25) is 0 Å². The van der Waals surface area contributed by atoms with Gasteiger partial charge in [-0.2, -0.15) is 0 Å². The molecular weight excluding hydrogens is 210 g/mol. The van der Waals surface area contributed by atoms with Crippen LogP contribution in [0.1, 0.15) is 5.56 Å². The van der Waals surface area contributed by atoms with Gasteiger partial charge in [-0.25, -0.2) is 0 Å². The van der Waals surface area contributed by atoms with Crippen molar-refractivity contribution < 1.29 is 0 Å². The monoisotopic (exact) mass is 217 g/mol. The van der Waals surface area contributed by atoms with Crippen LogP contribution in [0.25, 0.3) is 0 Å². The minimum atomic E-state index is 0.389. The van der Waals surface area contributed by atoms with E-state index in [1.165, 1.54) is 4.42 Å². The zero-order valence-corrected chi connectivity index (χ0v) is 8.74. The van der Waals surface area contributed by atoms with Crippen LogP contribution in [0.3, 0.4) is 0 Å². The van der Waals surface area contributed by atoms with Gasteiger partial charge in [-0.05, 0) is 5.56 Å². The second kappa shape index (κ2) is 4.70. The summed E-state index contributed by atoms with van der Waals surface area (Å²) in [5, 5.41) is 0. The molecule has 0 aliphatic carbocycles. The van der Waals surface area contributed by atoms with Crippen LogP contribution in [0, 0.1) is 0 Å². The predicted octanol–water partition coefficient (Wildman–Crippen LogP) is 2.86. The molecule has 0 unspecified atom stereocenters. The van der Waals surface area contributed by atoms with Crippen LogP contribution in [0.15, 0.2) is 30.3 Å². The molecule has 0 bridgehead atoms. The first-order valence-electron chi connectivity index (χ1n) is 3.40. The van der Waals surface area contributed by atoms with Crippen molar-refractivity contribution in [2.24, 2.45) is 0 Å². The van der Waals surface area contributed by atoms with Gasteiger partial charge in [-0.15, -0.1) is 12.6 Å². The van der Waals surface area contributed by atoms with Gasteiger partial charge in [0.15, 0.2) is 0 Å². The van der Waals surface area contributed by atoms with Gasteiger partial charge in [0.1, 0.15) is 4.32 Å². The van der Waals surface area contributed by atoms with E-state index in [0.717, 1.165) is 5.56 Å². The highest BCUT2D eigenvalue weighted by Gasteiger charge is 2.01. The lowest BCUT2D eigenvalue weighted by Gasteiger charge is -2.12. The number of nitrogens with zero attached hydrogens (tertiary/aromatic N) is 1. The Morgan fingerprint density at radius 2 is 2.00 bits per heavy atom. The fourth-order valence-electron chi connectivity index (χ4n) is 0.811. The lowest BCUT2D eigenvalue weighted by molar-refractivity contribution is 0.675. The zero-order chi connectivity index (χ0) is 8.97. The SMILES string of the molecule is S=C(S)N(Cl)Cc1ccccc1. The summed E-state index contributed by atoms with van der Waals surface area (Å²) in [6, 6.07) is 9.85. The van der Waals surface area contributed by atoms with Crippen LogP contribution in [0.4, 0.5) is 0 Å². The highest BCUT2D eigenvalue weighted by atomic mass is 35.5. The van der Waals surface area contributed by atoms with Crippen molar-refractivity contribution in [1.82, 2.24) is 4.42 Å². The molecule has 64 valence electrons. The van der Waals surface area contributed by atoms with E-state index in [1.807, 2.05) is 30.3 Å². The summed E-state index contributed by atoms with van der Waals surface area (Å²) >= 11 is 14.5. The van der Waals surface area contributed by atoms with Gasteiger partial charge in [0.25, 0.3) is 0 Å². The van der Waals surface area contributed by atoms with Gasteiger partial charge >= 0.3 is 0 Å². The molecule has 1 aromatic carbocycles. The summed E-state index contributed by atoms with van der Waals surface area (Å²) in [5.41, 5.74) is 1.11. The van der Waals surface area contributed by atoms with Crippen molar-refractivity contribution in [2.45, 2.75) is 6.54 Å². The maximum Gasteiger partial charge on any atom is 0.148 e. The Kier molecular flexibility index (Phi) is 3.85. The maximum atomic E-state index is 5.77. The fraction of sp³-hybridized carbons (Fsp3) is 0.125. The molecule has 1 aromatic rings. The quantitative estimate of drug-likeness (QED) is 0.461. The minimum Gasteiger partial charge on any atom is -0.266 e. The van der Waals surface area contributed by atoms with Crippen LogP contribution in [-0.2, 0) is 6.54 Å². The molecule has 0 aliphatic rings. The molecule has 0 N–H and O–H groups in total. The zero-order valence-electron chi connectivity index (χ0n) is 6.27. The minimum absolute atomic E-state index is 0.389. The molecule has 0 saturated heterocycles. The van der Waals surface area contributed by atoms with Crippen molar-refractivity contribution in [3.05, 3.63) is 35.9 Å². The molecule has 0 aromatic heterocycles. The molecule has 12 heavy (non-hydrogen) atoms. The van der Waals surface area contributed by atoms with Crippen molar-refractivity contribution >= 4 is 40.9 Å². The number of hydrogen-bond acceptors (Lipinski definition) is 1. The number of halogens is 1. The Hall–Kier alpha value is -0.250. The van der Waals surface area contributed by atoms with Gasteiger partial charge in [-0.3, -0.25) is 4.42 Å². The normalized spacial score (nSPS) is 9.50.